The van der Waals surface area contributed by atoms with Gasteiger partial charge >= 0.3 is 0 Å². The summed E-state index contributed by atoms with van der Waals surface area (Å²) in [6.07, 6.45) is 0. The second-order valence-corrected chi connectivity index (χ2v) is 6.75. The molecule has 2 aromatic rings. The predicted octanol–water partition coefficient (Wildman–Crippen LogP) is 5.36. The molecule has 1 unspecified atom stereocenters. The zero-order valence-corrected chi connectivity index (χ0v) is 13.7. The van der Waals surface area contributed by atoms with Crippen molar-refractivity contribution >= 4 is 50.1 Å². The molecule has 20 heavy (non-hydrogen) atoms. The van der Waals surface area contributed by atoms with E-state index >= 15 is 0 Å². The molecule has 1 heterocycles. The molecular formula is C15H12BrClN2S. The van der Waals surface area contributed by atoms with Crippen LogP contribution in [0.15, 0.2) is 58.0 Å². The van der Waals surface area contributed by atoms with Crippen molar-refractivity contribution in [1.82, 2.24) is 0 Å². The SMILES string of the molecule is Clc1cc(Br)ccc1NC1=NC(c2ccccc2)CS1. The van der Waals surface area contributed by atoms with E-state index in [1.54, 1.807) is 11.8 Å². The minimum atomic E-state index is 0.220. The van der Waals surface area contributed by atoms with Crippen LogP contribution in [0.2, 0.25) is 5.02 Å². The van der Waals surface area contributed by atoms with Crippen molar-refractivity contribution < 1.29 is 0 Å². The zero-order valence-electron chi connectivity index (χ0n) is 10.5. The van der Waals surface area contributed by atoms with Gasteiger partial charge in [-0.3, -0.25) is 4.99 Å². The van der Waals surface area contributed by atoms with Gasteiger partial charge in [-0.2, -0.15) is 0 Å². The van der Waals surface area contributed by atoms with Gasteiger partial charge in [0.25, 0.3) is 0 Å². The summed E-state index contributed by atoms with van der Waals surface area (Å²) >= 11 is 11.3. The van der Waals surface area contributed by atoms with Gasteiger partial charge in [-0.1, -0.05) is 69.6 Å². The normalized spacial score (nSPS) is 17.9. The molecule has 1 N–H and O–H groups in total. The molecule has 0 saturated heterocycles. The highest BCUT2D eigenvalue weighted by Crippen LogP contribution is 2.32. The maximum atomic E-state index is 6.20. The molecule has 0 spiro atoms. The topological polar surface area (TPSA) is 24.4 Å². The maximum absolute atomic E-state index is 6.20. The molecule has 5 heteroatoms. The van der Waals surface area contributed by atoms with Crippen molar-refractivity contribution in [3.8, 4) is 0 Å². The first kappa shape index (κ1) is 14.0. The number of amidine groups is 1. The lowest BCUT2D eigenvalue weighted by atomic mass is 10.1. The quantitative estimate of drug-likeness (QED) is 0.773. The third-order valence-electron chi connectivity index (χ3n) is 3.01. The van der Waals surface area contributed by atoms with E-state index in [-0.39, 0.29) is 6.04 Å². The Balaban J connectivity index is 1.76. The van der Waals surface area contributed by atoms with Crippen LogP contribution in [-0.4, -0.2) is 10.9 Å². The minimum absolute atomic E-state index is 0.220. The average Bonchev–Trinajstić information content (AvgIpc) is 2.92. The second kappa shape index (κ2) is 6.20. The van der Waals surface area contributed by atoms with Crippen LogP contribution in [0.1, 0.15) is 11.6 Å². The zero-order chi connectivity index (χ0) is 13.9. The lowest BCUT2D eigenvalue weighted by Crippen LogP contribution is -2.05. The third-order valence-corrected chi connectivity index (χ3v) is 4.78. The first-order valence-electron chi connectivity index (χ1n) is 6.20. The molecule has 0 radical (unpaired) electrons. The summed E-state index contributed by atoms with van der Waals surface area (Å²) in [5.41, 5.74) is 2.13. The van der Waals surface area contributed by atoms with Gasteiger partial charge < -0.3 is 5.32 Å². The van der Waals surface area contributed by atoms with Gasteiger partial charge in [-0.05, 0) is 23.8 Å². The van der Waals surface area contributed by atoms with Gasteiger partial charge in [0.1, 0.15) is 0 Å². The van der Waals surface area contributed by atoms with Crippen molar-refractivity contribution in [3.63, 3.8) is 0 Å². The molecule has 102 valence electrons. The van der Waals surface area contributed by atoms with E-state index in [0.29, 0.717) is 5.02 Å². The highest BCUT2D eigenvalue weighted by atomic mass is 79.9. The van der Waals surface area contributed by atoms with Crippen LogP contribution in [-0.2, 0) is 0 Å². The number of hydrogen-bond acceptors (Lipinski definition) is 3. The standard InChI is InChI=1S/C15H12BrClN2S/c16-11-6-7-13(12(17)8-11)18-15-19-14(9-20-15)10-4-2-1-3-5-10/h1-8,14H,9H2,(H,18,19). The van der Waals surface area contributed by atoms with Crippen molar-refractivity contribution in [2.24, 2.45) is 4.99 Å². The molecule has 2 aromatic carbocycles. The van der Waals surface area contributed by atoms with E-state index in [9.17, 15) is 0 Å². The lowest BCUT2D eigenvalue weighted by Gasteiger charge is -2.07. The maximum Gasteiger partial charge on any atom is 0.161 e. The number of thioether (sulfide) groups is 1. The number of rotatable bonds is 2. The smallest absolute Gasteiger partial charge is 0.161 e. The van der Waals surface area contributed by atoms with E-state index in [1.165, 1.54) is 5.56 Å². The van der Waals surface area contributed by atoms with Crippen LogP contribution in [0.4, 0.5) is 5.69 Å². The van der Waals surface area contributed by atoms with Crippen LogP contribution in [0, 0.1) is 0 Å². The Morgan fingerprint density at radius 3 is 2.75 bits per heavy atom. The highest BCUT2D eigenvalue weighted by Gasteiger charge is 2.20. The number of benzene rings is 2. The van der Waals surface area contributed by atoms with Gasteiger partial charge in [-0.15, -0.1) is 0 Å². The monoisotopic (exact) mass is 366 g/mol. The lowest BCUT2D eigenvalue weighted by molar-refractivity contribution is 0.849. The van der Waals surface area contributed by atoms with E-state index in [1.807, 2.05) is 36.4 Å². The summed E-state index contributed by atoms with van der Waals surface area (Å²) in [5.74, 6) is 0.959. The molecule has 0 amide bonds. The Hall–Kier alpha value is -0.970. The van der Waals surface area contributed by atoms with Crippen molar-refractivity contribution in [3.05, 3.63) is 63.6 Å². The number of hydrogen-bond donors (Lipinski definition) is 1. The molecule has 0 fully saturated rings. The van der Waals surface area contributed by atoms with E-state index in [0.717, 1.165) is 21.1 Å². The summed E-state index contributed by atoms with van der Waals surface area (Å²) in [6, 6.07) is 16.4. The second-order valence-electron chi connectivity index (χ2n) is 4.42. The van der Waals surface area contributed by atoms with E-state index in [2.05, 4.69) is 33.4 Å². The predicted molar refractivity (Wildman–Crippen MR) is 91.9 cm³/mol. The Bertz CT molecular complexity index is 646. The van der Waals surface area contributed by atoms with Crippen LogP contribution < -0.4 is 5.32 Å². The van der Waals surface area contributed by atoms with Gasteiger partial charge in [0.2, 0.25) is 0 Å². The summed E-state index contributed by atoms with van der Waals surface area (Å²) in [7, 11) is 0. The van der Waals surface area contributed by atoms with Crippen molar-refractivity contribution in [2.45, 2.75) is 6.04 Å². The molecule has 1 aliphatic rings. The van der Waals surface area contributed by atoms with Gasteiger partial charge in [0, 0.05) is 10.2 Å². The Labute approximate surface area is 135 Å². The molecular weight excluding hydrogens is 356 g/mol. The van der Waals surface area contributed by atoms with E-state index < -0.39 is 0 Å². The minimum Gasteiger partial charge on any atom is -0.334 e. The Morgan fingerprint density at radius 1 is 1.20 bits per heavy atom. The van der Waals surface area contributed by atoms with Gasteiger partial charge in [0.05, 0.1) is 16.8 Å². The third kappa shape index (κ3) is 3.19. The fraction of sp³-hybridized carbons (Fsp3) is 0.133. The Morgan fingerprint density at radius 2 is 2.00 bits per heavy atom. The first-order valence-corrected chi connectivity index (χ1v) is 8.35. The summed E-state index contributed by atoms with van der Waals surface area (Å²) < 4.78 is 0.969. The van der Waals surface area contributed by atoms with Crippen molar-refractivity contribution in [2.75, 3.05) is 11.1 Å². The fourth-order valence-corrected chi connectivity index (χ4v) is 3.68. The van der Waals surface area contributed by atoms with Crippen LogP contribution in [0.5, 0.6) is 0 Å². The molecule has 1 aliphatic heterocycles. The summed E-state index contributed by atoms with van der Waals surface area (Å²) in [5, 5.41) is 4.90. The molecule has 0 saturated carbocycles. The summed E-state index contributed by atoms with van der Waals surface area (Å²) in [4.78, 5) is 4.72. The molecule has 3 rings (SSSR count). The molecule has 0 bridgehead atoms. The molecule has 0 aromatic heterocycles. The first-order chi connectivity index (χ1) is 9.72. The van der Waals surface area contributed by atoms with Crippen LogP contribution >= 0.6 is 39.3 Å². The van der Waals surface area contributed by atoms with Gasteiger partial charge in [0.15, 0.2) is 5.17 Å². The summed E-state index contributed by atoms with van der Waals surface area (Å²) in [6.45, 7) is 0. The highest BCUT2D eigenvalue weighted by molar-refractivity contribution is 9.10. The number of anilines is 1. The number of nitrogens with one attached hydrogen (secondary N) is 1. The molecule has 0 aliphatic carbocycles. The Kier molecular flexibility index (Phi) is 4.34. The van der Waals surface area contributed by atoms with Gasteiger partial charge in [-0.25, -0.2) is 0 Å². The number of halogens is 2. The van der Waals surface area contributed by atoms with Crippen LogP contribution in [0.25, 0.3) is 0 Å². The molecule has 1 atom stereocenters. The van der Waals surface area contributed by atoms with Crippen molar-refractivity contribution in [1.29, 1.82) is 0 Å². The van der Waals surface area contributed by atoms with Crippen LogP contribution in [0.3, 0.4) is 0 Å². The number of nitrogens with zero attached hydrogens (tertiary/aromatic N) is 1. The largest absolute Gasteiger partial charge is 0.334 e. The average molecular weight is 368 g/mol. The molecule has 2 nitrogen and oxygen atoms in total. The number of aliphatic imine (C=N–C) groups is 1. The fourth-order valence-electron chi connectivity index (χ4n) is 1.99. The van der Waals surface area contributed by atoms with E-state index in [4.69, 9.17) is 16.6 Å².